The fourth-order valence-corrected chi connectivity index (χ4v) is 6.84. The Labute approximate surface area is 207 Å². The van der Waals surface area contributed by atoms with Gasteiger partial charge in [-0.05, 0) is 65.4 Å². The number of aromatic nitrogens is 2. The van der Waals surface area contributed by atoms with Crippen molar-refractivity contribution in [1.82, 2.24) is 20.2 Å². The van der Waals surface area contributed by atoms with E-state index in [1.54, 1.807) is 16.8 Å². The van der Waals surface area contributed by atoms with Crippen LogP contribution in [-0.4, -0.2) is 33.8 Å². The fourth-order valence-electron chi connectivity index (χ4n) is 4.21. The number of thiophene rings is 1. The van der Waals surface area contributed by atoms with Crippen molar-refractivity contribution in [2.75, 3.05) is 13.1 Å². The summed E-state index contributed by atoms with van der Waals surface area (Å²) in [6.07, 6.45) is 4.84. The topological polar surface area (TPSA) is 50.2 Å². The van der Waals surface area contributed by atoms with Gasteiger partial charge in [0.1, 0.15) is 4.34 Å². The molecule has 1 aliphatic carbocycles. The van der Waals surface area contributed by atoms with Crippen LogP contribution in [0.15, 0.2) is 22.7 Å². The molecule has 3 heterocycles. The van der Waals surface area contributed by atoms with Crippen LogP contribution in [0.4, 0.5) is 0 Å². The first kappa shape index (κ1) is 21.7. The molecule has 5 nitrogen and oxygen atoms in total. The zero-order valence-electron chi connectivity index (χ0n) is 16.4. The zero-order valence-corrected chi connectivity index (χ0v) is 21.0. The van der Waals surface area contributed by atoms with Crippen LogP contribution in [0.1, 0.15) is 40.9 Å². The average molecular weight is 561 g/mol. The van der Waals surface area contributed by atoms with Crippen LogP contribution in [-0.2, 0) is 12.8 Å². The van der Waals surface area contributed by atoms with E-state index >= 15 is 0 Å². The van der Waals surface area contributed by atoms with Crippen LogP contribution >= 0.6 is 62.1 Å². The summed E-state index contributed by atoms with van der Waals surface area (Å²) >= 11 is 24.2. The van der Waals surface area contributed by atoms with Crippen LogP contribution < -0.4 is 5.43 Å². The Hall–Kier alpha value is -1.09. The first-order valence-corrected chi connectivity index (χ1v) is 12.8. The number of piperidine rings is 1. The molecule has 2 aromatic heterocycles. The second-order valence-corrected chi connectivity index (χ2v) is 10.9. The Bertz CT molecular complexity index is 1190. The van der Waals surface area contributed by atoms with E-state index in [1.165, 1.54) is 17.8 Å². The molecule has 31 heavy (non-hydrogen) atoms. The van der Waals surface area contributed by atoms with Crippen LogP contribution in [0.3, 0.4) is 0 Å². The predicted octanol–water partition coefficient (Wildman–Crippen LogP) is 6.55. The van der Waals surface area contributed by atoms with Crippen LogP contribution in [0.5, 0.6) is 0 Å². The summed E-state index contributed by atoms with van der Waals surface area (Å²) < 4.78 is 3.36. The average Bonchev–Trinajstić information content (AvgIpc) is 3.27. The van der Waals surface area contributed by atoms with E-state index in [-0.39, 0.29) is 5.91 Å². The Kier molecular flexibility index (Phi) is 6.09. The van der Waals surface area contributed by atoms with Gasteiger partial charge in [-0.3, -0.25) is 10.2 Å². The van der Waals surface area contributed by atoms with Gasteiger partial charge in [0.15, 0.2) is 5.69 Å². The minimum Gasteiger partial charge on any atom is -0.283 e. The molecular weight excluding hydrogens is 543 g/mol. The molecule has 0 saturated carbocycles. The predicted molar refractivity (Wildman–Crippen MR) is 130 cm³/mol. The van der Waals surface area contributed by atoms with Crippen molar-refractivity contribution in [2.45, 2.75) is 32.1 Å². The number of amides is 1. The number of fused-ring (bicyclic) bond motifs is 3. The molecule has 3 aromatic rings. The van der Waals surface area contributed by atoms with E-state index in [1.807, 2.05) is 11.1 Å². The number of hydrogen-bond donors (Lipinski definition) is 1. The van der Waals surface area contributed by atoms with Crippen molar-refractivity contribution in [3.05, 3.63) is 53.9 Å². The summed E-state index contributed by atoms with van der Waals surface area (Å²) in [6.45, 7) is 1.71. The van der Waals surface area contributed by atoms with E-state index in [2.05, 4.69) is 21.4 Å². The van der Waals surface area contributed by atoms with Crippen molar-refractivity contribution >= 4 is 68.0 Å². The largest absolute Gasteiger partial charge is 0.286 e. The number of halogens is 4. The highest BCUT2D eigenvalue weighted by molar-refractivity contribution is 9.10. The Morgan fingerprint density at radius 3 is 2.58 bits per heavy atom. The Balaban J connectivity index is 1.65. The minimum atomic E-state index is -0.188. The molecule has 0 unspecified atom stereocenters. The molecule has 0 bridgehead atoms. The summed E-state index contributed by atoms with van der Waals surface area (Å²) in [7, 11) is 0. The zero-order chi connectivity index (χ0) is 21.7. The maximum atomic E-state index is 13.2. The van der Waals surface area contributed by atoms with E-state index < -0.39 is 0 Å². The number of carbonyl (C=O) groups is 1. The highest BCUT2D eigenvalue weighted by Gasteiger charge is 2.33. The lowest BCUT2D eigenvalue weighted by atomic mass is 9.94. The van der Waals surface area contributed by atoms with Gasteiger partial charge < -0.3 is 0 Å². The van der Waals surface area contributed by atoms with Crippen molar-refractivity contribution < 1.29 is 4.79 Å². The molecule has 1 N–H and O–H groups in total. The van der Waals surface area contributed by atoms with Gasteiger partial charge >= 0.3 is 0 Å². The number of hydrogen-bond acceptors (Lipinski definition) is 4. The lowest BCUT2D eigenvalue weighted by Crippen LogP contribution is -2.45. The standard InChI is InChI=1S/C21H18BrCl3N4OS/c22-16-12-5-6-13-17(21(30)27-28-8-2-1-3-9-28)26-29(18(13)19(12)31-20(16)25)15-7-4-11(23)10-14(15)24/h4,7,10H,1-3,5-6,8-9H2,(H,27,30). The van der Waals surface area contributed by atoms with Gasteiger partial charge in [-0.1, -0.05) is 41.2 Å². The molecule has 0 atom stereocenters. The summed E-state index contributed by atoms with van der Waals surface area (Å²) in [5, 5.41) is 7.75. The van der Waals surface area contributed by atoms with E-state index in [9.17, 15) is 4.79 Å². The molecule has 1 aromatic carbocycles. The molecule has 1 fully saturated rings. The first-order chi connectivity index (χ1) is 14.9. The Morgan fingerprint density at radius 1 is 1.10 bits per heavy atom. The van der Waals surface area contributed by atoms with Gasteiger partial charge in [0.25, 0.3) is 5.91 Å². The van der Waals surface area contributed by atoms with E-state index in [0.717, 1.165) is 58.5 Å². The number of carbonyl (C=O) groups excluding carboxylic acids is 1. The van der Waals surface area contributed by atoms with E-state index in [0.29, 0.717) is 32.2 Å². The smallest absolute Gasteiger partial charge is 0.283 e. The number of nitrogens with zero attached hydrogens (tertiary/aromatic N) is 3. The van der Waals surface area contributed by atoms with Crippen molar-refractivity contribution in [1.29, 1.82) is 0 Å². The molecule has 0 radical (unpaired) electrons. The van der Waals surface area contributed by atoms with Crippen molar-refractivity contribution in [3.63, 3.8) is 0 Å². The molecule has 1 saturated heterocycles. The van der Waals surface area contributed by atoms with Gasteiger partial charge in [-0.25, -0.2) is 9.69 Å². The minimum absolute atomic E-state index is 0.188. The molecule has 0 spiro atoms. The van der Waals surface area contributed by atoms with Gasteiger partial charge in [0, 0.05) is 23.7 Å². The molecule has 2 aliphatic rings. The first-order valence-electron chi connectivity index (χ1n) is 10.0. The SMILES string of the molecule is O=C(NN1CCCCC1)c1nn(-c2ccc(Cl)cc2Cl)c2c1CCc1c-2sc(Cl)c1Br. The second-order valence-electron chi connectivity index (χ2n) is 7.67. The highest BCUT2D eigenvalue weighted by atomic mass is 79.9. The molecule has 10 heteroatoms. The third kappa shape index (κ3) is 3.94. The normalized spacial score (nSPS) is 16.1. The molecule has 162 valence electrons. The maximum Gasteiger partial charge on any atom is 0.286 e. The summed E-state index contributed by atoms with van der Waals surface area (Å²) in [6, 6.07) is 5.27. The number of rotatable bonds is 3. The Morgan fingerprint density at radius 2 is 1.84 bits per heavy atom. The molecule has 1 aliphatic heterocycles. The van der Waals surface area contributed by atoms with E-state index in [4.69, 9.17) is 39.9 Å². The maximum absolute atomic E-state index is 13.2. The van der Waals surface area contributed by atoms with Crippen molar-refractivity contribution in [3.8, 4) is 16.3 Å². The number of benzene rings is 1. The number of nitrogens with one attached hydrogen (secondary N) is 1. The molecule has 5 rings (SSSR count). The third-order valence-corrected chi connectivity index (χ3v) is 9.05. The summed E-state index contributed by atoms with van der Waals surface area (Å²) in [5.41, 5.74) is 7.07. The van der Waals surface area contributed by atoms with Crippen molar-refractivity contribution in [2.24, 2.45) is 0 Å². The summed E-state index contributed by atoms with van der Waals surface area (Å²) in [5.74, 6) is -0.188. The fraction of sp³-hybridized carbons (Fsp3) is 0.333. The summed E-state index contributed by atoms with van der Waals surface area (Å²) in [4.78, 5) is 14.2. The van der Waals surface area contributed by atoms with Crippen LogP contribution in [0.25, 0.3) is 16.3 Å². The lowest BCUT2D eigenvalue weighted by Gasteiger charge is -2.26. The van der Waals surface area contributed by atoms with Crippen LogP contribution in [0, 0.1) is 0 Å². The van der Waals surface area contributed by atoms with Gasteiger partial charge in [-0.2, -0.15) is 5.10 Å². The monoisotopic (exact) mass is 558 g/mol. The highest BCUT2D eigenvalue weighted by Crippen LogP contribution is 2.48. The number of hydrazine groups is 1. The quantitative estimate of drug-likeness (QED) is 0.395. The second kappa shape index (κ2) is 8.69. The molecule has 1 amide bonds. The van der Waals surface area contributed by atoms with Gasteiger partial charge in [0.05, 0.1) is 25.8 Å². The third-order valence-electron chi connectivity index (χ3n) is 5.70. The van der Waals surface area contributed by atoms with Crippen LogP contribution in [0.2, 0.25) is 14.4 Å². The lowest BCUT2D eigenvalue weighted by molar-refractivity contribution is 0.0743. The van der Waals surface area contributed by atoms with Gasteiger partial charge in [0.2, 0.25) is 0 Å². The van der Waals surface area contributed by atoms with Gasteiger partial charge in [-0.15, -0.1) is 11.3 Å². The molecular formula is C21H18BrCl3N4OS.